The third kappa shape index (κ3) is 5.06. The Kier molecular flexibility index (Phi) is 6.41. The fraction of sp³-hybridized carbons (Fsp3) is 0.350. The molecule has 1 atom stereocenters. The summed E-state index contributed by atoms with van der Waals surface area (Å²) in [5.41, 5.74) is 1.07. The number of phenols is 1. The maximum atomic E-state index is 12.8. The average Bonchev–Trinajstić information content (AvgIpc) is 2.71. The monoisotopic (exact) mass is 420 g/mol. The smallest absolute Gasteiger partial charge is 0.265 e. The second kappa shape index (κ2) is 8.81. The molecule has 156 valence electrons. The molecule has 9 heteroatoms. The minimum Gasteiger partial charge on any atom is -0.506 e. The molecule has 1 aliphatic rings. The predicted molar refractivity (Wildman–Crippen MR) is 108 cm³/mol. The van der Waals surface area contributed by atoms with E-state index in [4.69, 9.17) is 9.47 Å². The lowest BCUT2D eigenvalue weighted by atomic mass is 10.2. The second-order valence-electron chi connectivity index (χ2n) is 6.76. The lowest BCUT2D eigenvalue weighted by Gasteiger charge is -2.26. The zero-order valence-corrected chi connectivity index (χ0v) is 17.1. The number of rotatable bonds is 6. The number of morpholine rings is 1. The van der Waals surface area contributed by atoms with Crippen molar-refractivity contribution in [3.63, 3.8) is 0 Å². The Hall–Kier alpha value is -2.62. The number of nitrogens with zero attached hydrogens (tertiary/aromatic N) is 1. The van der Waals surface area contributed by atoms with E-state index < -0.39 is 22.0 Å². The lowest BCUT2D eigenvalue weighted by molar-refractivity contribution is -0.122. The standard InChI is InChI=1S/C20H24N2O6S/c1-14-3-5-16(6-4-14)28-15(2)20(24)21-18-13-17(7-8-19(18)23)29(25,26)22-9-11-27-12-10-22/h3-8,13,15,23H,9-12H2,1-2H3,(H,21,24)/t15-/m0/s1. The zero-order chi connectivity index (χ0) is 21.0. The van der Waals surface area contributed by atoms with Crippen LogP contribution in [-0.2, 0) is 19.6 Å². The van der Waals surface area contributed by atoms with Crippen LogP contribution in [-0.4, -0.2) is 56.1 Å². The van der Waals surface area contributed by atoms with E-state index in [1.165, 1.54) is 22.5 Å². The number of carbonyl (C=O) groups is 1. The van der Waals surface area contributed by atoms with Crippen LogP contribution >= 0.6 is 0 Å². The van der Waals surface area contributed by atoms with Gasteiger partial charge in [-0.05, 0) is 44.2 Å². The van der Waals surface area contributed by atoms with Gasteiger partial charge in [-0.25, -0.2) is 8.42 Å². The average molecular weight is 420 g/mol. The minimum absolute atomic E-state index is 0.00342. The van der Waals surface area contributed by atoms with Crippen LogP contribution in [0, 0.1) is 6.92 Å². The van der Waals surface area contributed by atoms with Gasteiger partial charge in [0.05, 0.1) is 23.8 Å². The van der Waals surface area contributed by atoms with E-state index in [0.717, 1.165) is 5.56 Å². The molecular formula is C20H24N2O6S. The normalized spacial score (nSPS) is 16.2. The van der Waals surface area contributed by atoms with Crippen LogP contribution in [0.1, 0.15) is 12.5 Å². The molecule has 0 radical (unpaired) electrons. The predicted octanol–water partition coefficient (Wildman–Crippen LogP) is 2.13. The molecule has 29 heavy (non-hydrogen) atoms. The van der Waals surface area contributed by atoms with Crippen molar-refractivity contribution in [2.24, 2.45) is 0 Å². The van der Waals surface area contributed by atoms with Crippen molar-refractivity contribution in [3.05, 3.63) is 48.0 Å². The van der Waals surface area contributed by atoms with E-state index in [1.54, 1.807) is 19.1 Å². The van der Waals surface area contributed by atoms with E-state index in [9.17, 15) is 18.3 Å². The molecule has 0 aliphatic carbocycles. The molecule has 1 saturated heterocycles. The highest BCUT2D eigenvalue weighted by molar-refractivity contribution is 7.89. The molecule has 8 nitrogen and oxygen atoms in total. The molecule has 0 saturated carbocycles. The van der Waals surface area contributed by atoms with E-state index in [0.29, 0.717) is 19.0 Å². The van der Waals surface area contributed by atoms with Gasteiger partial charge in [0.25, 0.3) is 5.91 Å². The van der Waals surface area contributed by atoms with Crippen molar-refractivity contribution in [1.29, 1.82) is 0 Å². The van der Waals surface area contributed by atoms with E-state index in [2.05, 4.69) is 5.32 Å². The van der Waals surface area contributed by atoms with Crippen LogP contribution in [0.15, 0.2) is 47.4 Å². The van der Waals surface area contributed by atoms with Gasteiger partial charge in [-0.3, -0.25) is 4.79 Å². The molecular weight excluding hydrogens is 396 g/mol. The maximum Gasteiger partial charge on any atom is 0.265 e. The van der Waals surface area contributed by atoms with Crippen LogP contribution in [0.5, 0.6) is 11.5 Å². The first-order valence-electron chi connectivity index (χ1n) is 9.22. The summed E-state index contributed by atoms with van der Waals surface area (Å²) < 4.78 is 37.7. The largest absolute Gasteiger partial charge is 0.506 e. The van der Waals surface area contributed by atoms with Gasteiger partial charge in [-0.1, -0.05) is 17.7 Å². The van der Waals surface area contributed by atoms with Gasteiger partial charge in [0, 0.05) is 13.1 Å². The van der Waals surface area contributed by atoms with Crippen LogP contribution < -0.4 is 10.1 Å². The molecule has 2 N–H and O–H groups in total. The van der Waals surface area contributed by atoms with Gasteiger partial charge >= 0.3 is 0 Å². The first-order chi connectivity index (χ1) is 13.8. The Bertz CT molecular complexity index is 969. The summed E-state index contributed by atoms with van der Waals surface area (Å²) in [6.07, 6.45) is -0.850. The molecule has 1 heterocycles. The van der Waals surface area contributed by atoms with Crippen LogP contribution in [0.3, 0.4) is 0 Å². The first-order valence-corrected chi connectivity index (χ1v) is 10.7. The third-order valence-electron chi connectivity index (χ3n) is 4.54. The fourth-order valence-corrected chi connectivity index (χ4v) is 4.26. The van der Waals surface area contributed by atoms with Gasteiger partial charge in [0.2, 0.25) is 10.0 Å². The van der Waals surface area contributed by atoms with Crippen molar-refractivity contribution in [2.75, 3.05) is 31.6 Å². The van der Waals surface area contributed by atoms with Crippen molar-refractivity contribution < 1.29 is 27.8 Å². The highest BCUT2D eigenvalue weighted by Crippen LogP contribution is 2.28. The number of anilines is 1. The number of benzene rings is 2. The van der Waals surface area contributed by atoms with Gasteiger partial charge in [0.1, 0.15) is 11.5 Å². The lowest BCUT2D eigenvalue weighted by Crippen LogP contribution is -2.40. The summed E-state index contributed by atoms with van der Waals surface area (Å²) in [5, 5.41) is 12.6. The Morgan fingerprint density at radius 2 is 1.83 bits per heavy atom. The molecule has 0 bridgehead atoms. The summed E-state index contributed by atoms with van der Waals surface area (Å²) in [6, 6.07) is 11.0. The fourth-order valence-electron chi connectivity index (χ4n) is 2.82. The topological polar surface area (TPSA) is 105 Å². The number of ether oxygens (including phenoxy) is 2. The SMILES string of the molecule is Cc1ccc(O[C@@H](C)C(=O)Nc2cc(S(=O)(=O)N3CCOCC3)ccc2O)cc1. The quantitative estimate of drug-likeness (QED) is 0.694. The highest BCUT2D eigenvalue weighted by atomic mass is 32.2. The summed E-state index contributed by atoms with van der Waals surface area (Å²) in [7, 11) is -3.75. The number of phenolic OH excluding ortho intramolecular Hbond substituents is 1. The molecule has 1 fully saturated rings. The molecule has 2 aromatic rings. The molecule has 0 aromatic heterocycles. The first kappa shape index (κ1) is 21.1. The Morgan fingerprint density at radius 3 is 2.48 bits per heavy atom. The van der Waals surface area contributed by atoms with Crippen LogP contribution in [0.4, 0.5) is 5.69 Å². The molecule has 3 rings (SSSR count). The number of aromatic hydroxyl groups is 1. The number of carbonyl (C=O) groups excluding carboxylic acids is 1. The van der Waals surface area contributed by atoms with Gasteiger partial charge in [-0.2, -0.15) is 4.31 Å². The molecule has 1 amide bonds. The van der Waals surface area contributed by atoms with Crippen molar-refractivity contribution >= 4 is 21.6 Å². The Morgan fingerprint density at radius 1 is 1.17 bits per heavy atom. The number of amides is 1. The van der Waals surface area contributed by atoms with Crippen LogP contribution in [0.25, 0.3) is 0 Å². The summed E-state index contributed by atoms with van der Waals surface area (Å²) >= 11 is 0. The summed E-state index contributed by atoms with van der Waals surface area (Å²) in [5.74, 6) is -0.213. The summed E-state index contributed by atoms with van der Waals surface area (Å²) in [6.45, 7) is 4.68. The summed E-state index contributed by atoms with van der Waals surface area (Å²) in [4.78, 5) is 12.5. The number of hydrogen-bond acceptors (Lipinski definition) is 6. The van der Waals surface area contributed by atoms with Crippen molar-refractivity contribution in [2.45, 2.75) is 24.8 Å². The molecule has 0 unspecified atom stereocenters. The minimum atomic E-state index is -3.75. The van der Waals surface area contributed by atoms with E-state index in [-0.39, 0.29) is 29.4 Å². The third-order valence-corrected chi connectivity index (χ3v) is 6.43. The van der Waals surface area contributed by atoms with Gasteiger partial charge in [0.15, 0.2) is 6.10 Å². The zero-order valence-electron chi connectivity index (χ0n) is 16.3. The molecule has 2 aromatic carbocycles. The van der Waals surface area contributed by atoms with Gasteiger partial charge in [-0.15, -0.1) is 0 Å². The number of hydrogen-bond donors (Lipinski definition) is 2. The second-order valence-corrected chi connectivity index (χ2v) is 8.70. The van der Waals surface area contributed by atoms with E-state index >= 15 is 0 Å². The maximum absolute atomic E-state index is 12.8. The van der Waals surface area contributed by atoms with E-state index in [1.807, 2.05) is 19.1 Å². The van der Waals surface area contributed by atoms with Crippen molar-refractivity contribution in [1.82, 2.24) is 4.31 Å². The van der Waals surface area contributed by atoms with Crippen molar-refractivity contribution in [3.8, 4) is 11.5 Å². The Balaban J connectivity index is 1.73. The highest BCUT2D eigenvalue weighted by Gasteiger charge is 2.27. The van der Waals surface area contributed by atoms with Gasteiger partial charge < -0.3 is 19.9 Å². The number of nitrogens with one attached hydrogen (secondary N) is 1. The molecule has 1 aliphatic heterocycles. The number of sulfonamides is 1. The number of aryl methyl sites for hydroxylation is 1. The Labute approximate surface area is 170 Å². The molecule has 0 spiro atoms. The van der Waals surface area contributed by atoms with Crippen LogP contribution in [0.2, 0.25) is 0 Å².